The molecule has 3 atom stereocenters. The highest BCUT2D eigenvalue weighted by molar-refractivity contribution is 8.00. The average Bonchev–Trinajstić information content (AvgIpc) is 2.52. The molecule has 3 unspecified atom stereocenters. The molecule has 1 saturated carbocycles. The summed E-state index contributed by atoms with van der Waals surface area (Å²) in [5.41, 5.74) is -0.00370. The number of aliphatic hydroxyl groups is 1. The second-order valence-electron chi connectivity index (χ2n) is 5.66. The van der Waals surface area contributed by atoms with E-state index < -0.39 is 6.10 Å². The van der Waals surface area contributed by atoms with E-state index in [4.69, 9.17) is 0 Å². The number of carbonyl (C=O) groups excluding carboxylic acids is 1. The van der Waals surface area contributed by atoms with Crippen molar-refractivity contribution in [3.8, 4) is 0 Å². The lowest BCUT2D eigenvalue weighted by atomic mass is 9.69. The van der Waals surface area contributed by atoms with Crippen LogP contribution in [0.15, 0.2) is 0 Å². The number of hydrogen-bond acceptors (Lipinski definition) is 3. The van der Waals surface area contributed by atoms with Crippen LogP contribution in [0.1, 0.15) is 39.5 Å². The average molecular weight is 228 g/mol. The molecule has 15 heavy (non-hydrogen) atoms. The van der Waals surface area contributed by atoms with Crippen LogP contribution in [-0.2, 0) is 4.79 Å². The number of hydrogen-bond donors (Lipinski definition) is 1. The zero-order valence-electron chi connectivity index (χ0n) is 9.53. The lowest BCUT2D eigenvalue weighted by molar-refractivity contribution is -0.134. The number of aliphatic hydroxyl groups excluding tert-OH is 1. The van der Waals surface area contributed by atoms with Crippen molar-refractivity contribution >= 4 is 17.5 Å². The maximum atomic E-state index is 12.0. The molecule has 2 fully saturated rings. The molecule has 1 saturated heterocycles. The third kappa shape index (κ3) is 2.39. The fourth-order valence-electron chi connectivity index (χ4n) is 2.91. The molecule has 0 aromatic carbocycles. The predicted octanol–water partition coefficient (Wildman–Crippen LogP) is 2.25. The molecule has 0 aromatic rings. The molecule has 2 rings (SSSR count). The Kier molecular flexibility index (Phi) is 3.13. The van der Waals surface area contributed by atoms with Crippen LogP contribution < -0.4 is 0 Å². The fraction of sp³-hybridized carbons (Fsp3) is 0.917. The highest BCUT2D eigenvalue weighted by Crippen LogP contribution is 2.43. The zero-order chi connectivity index (χ0) is 11.1. The Bertz CT molecular complexity index is 256. The molecular weight excluding hydrogens is 208 g/mol. The van der Waals surface area contributed by atoms with Gasteiger partial charge in [0.2, 0.25) is 0 Å². The van der Waals surface area contributed by atoms with Gasteiger partial charge in [0.25, 0.3) is 0 Å². The van der Waals surface area contributed by atoms with Gasteiger partial charge in [-0.05, 0) is 30.4 Å². The van der Waals surface area contributed by atoms with Crippen molar-refractivity contribution in [3.63, 3.8) is 0 Å². The van der Waals surface area contributed by atoms with E-state index in [9.17, 15) is 9.90 Å². The molecule has 0 radical (unpaired) electrons. The predicted molar refractivity (Wildman–Crippen MR) is 63.0 cm³/mol. The minimum Gasteiger partial charge on any atom is -0.392 e. The van der Waals surface area contributed by atoms with E-state index in [-0.39, 0.29) is 17.1 Å². The molecule has 1 N–H and O–H groups in total. The molecule has 3 heteroatoms. The molecule has 0 spiro atoms. The summed E-state index contributed by atoms with van der Waals surface area (Å²) in [4.78, 5) is 12.0. The van der Waals surface area contributed by atoms with Crippen LogP contribution in [0.4, 0.5) is 0 Å². The van der Waals surface area contributed by atoms with Crippen LogP contribution in [0.25, 0.3) is 0 Å². The Morgan fingerprint density at radius 1 is 1.47 bits per heavy atom. The molecular formula is C12H20O2S. The van der Waals surface area contributed by atoms with Crippen molar-refractivity contribution in [2.45, 2.75) is 50.9 Å². The molecule has 0 amide bonds. The quantitative estimate of drug-likeness (QED) is 0.748. The lowest BCUT2D eigenvalue weighted by Crippen LogP contribution is -2.44. The Labute approximate surface area is 95.8 Å². The minimum absolute atomic E-state index is 0.00370. The van der Waals surface area contributed by atoms with Crippen LogP contribution in [0.2, 0.25) is 0 Å². The summed E-state index contributed by atoms with van der Waals surface area (Å²) in [6.07, 6.45) is 3.33. The summed E-state index contributed by atoms with van der Waals surface area (Å²) < 4.78 is 0. The SMILES string of the molecule is CC1(C)CC(=O)C(C2CCCS2)C(O)C1. The van der Waals surface area contributed by atoms with Crippen molar-refractivity contribution in [1.82, 2.24) is 0 Å². The summed E-state index contributed by atoms with van der Waals surface area (Å²) >= 11 is 1.88. The second kappa shape index (κ2) is 4.10. The fourth-order valence-corrected chi connectivity index (χ4v) is 4.42. The first-order valence-corrected chi connectivity index (χ1v) is 6.87. The van der Waals surface area contributed by atoms with Crippen molar-refractivity contribution in [3.05, 3.63) is 0 Å². The number of rotatable bonds is 1. The first kappa shape index (κ1) is 11.5. The molecule has 1 aliphatic carbocycles. The van der Waals surface area contributed by atoms with Gasteiger partial charge in [-0.15, -0.1) is 0 Å². The van der Waals surface area contributed by atoms with Gasteiger partial charge < -0.3 is 5.11 Å². The molecule has 0 bridgehead atoms. The highest BCUT2D eigenvalue weighted by Gasteiger charge is 2.44. The summed E-state index contributed by atoms with van der Waals surface area (Å²) in [5.74, 6) is 1.37. The smallest absolute Gasteiger partial charge is 0.140 e. The van der Waals surface area contributed by atoms with E-state index >= 15 is 0 Å². The maximum absolute atomic E-state index is 12.0. The van der Waals surface area contributed by atoms with Crippen LogP contribution in [-0.4, -0.2) is 28.0 Å². The Morgan fingerprint density at radius 3 is 2.73 bits per heavy atom. The number of thioether (sulfide) groups is 1. The molecule has 2 aliphatic rings. The lowest BCUT2D eigenvalue weighted by Gasteiger charge is -2.39. The normalized spacial score (nSPS) is 40.7. The minimum atomic E-state index is -0.406. The van der Waals surface area contributed by atoms with Crippen molar-refractivity contribution in [2.24, 2.45) is 11.3 Å². The molecule has 0 aromatic heterocycles. The van der Waals surface area contributed by atoms with Crippen LogP contribution in [0, 0.1) is 11.3 Å². The van der Waals surface area contributed by atoms with E-state index in [0.717, 1.165) is 18.6 Å². The standard InChI is InChI=1S/C12H20O2S/c1-12(2)6-8(13)11(9(14)7-12)10-4-3-5-15-10/h8,10-11,13H,3-7H2,1-2H3. The van der Waals surface area contributed by atoms with Gasteiger partial charge in [0, 0.05) is 11.7 Å². The number of Topliss-reactive ketones (excluding diaryl/α,β-unsaturated/α-hetero) is 1. The van der Waals surface area contributed by atoms with Gasteiger partial charge in [0.1, 0.15) is 5.78 Å². The van der Waals surface area contributed by atoms with Crippen LogP contribution in [0.3, 0.4) is 0 Å². The molecule has 86 valence electrons. The van der Waals surface area contributed by atoms with Gasteiger partial charge in [-0.2, -0.15) is 11.8 Å². The largest absolute Gasteiger partial charge is 0.392 e. The topological polar surface area (TPSA) is 37.3 Å². The summed E-state index contributed by atoms with van der Waals surface area (Å²) in [7, 11) is 0. The van der Waals surface area contributed by atoms with E-state index in [1.807, 2.05) is 11.8 Å². The zero-order valence-corrected chi connectivity index (χ0v) is 10.3. The van der Waals surface area contributed by atoms with E-state index in [1.54, 1.807) is 0 Å². The molecule has 1 heterocycles. The van der Waals surface area contributed by atoms with Crippen molar-refractivity contribution < 1.29 is 9.90 Å². The third-order valence-electron chi connectivity index (χ3n) is 3.57. The first-order valence-electron chi connectivity index (χ1n) is 5.82. The van der Waals surface area contributed by atoms with E-state index in [2.05, 4.69) is 13.8 Å². The van der Waals surface area contributed by atoms with Gasteiger partial charge >= 0.3 is 0 Å². The van der Waals surface area contributed by atoms with Gasteiger partial charge in [-0.1, -0.05) is 13.8 Å². The Balaban J connectivity index is 2.08. The van der Waals surface area contributed by atoms with Gasteiger partial charge in [0.15, 0.2) is 0 Å². The molecule has 2 nitrogen and oxygen atoms in total. The summed E-state index contributed by atoms with van der Waals surface area (Å²) in [6.45, 7) is 4.15. The maximum Gasteiger partial charge on any atom is 0.140 e. The number of ketones is 1. The second-order valence-corrected chi connectivity index (χ2v) is 7.00. The third-order valence-corrected chi connectivity index (χ3v) is 5.05. The molecule has 1 aliphatic heterocycles. The van der Waals surface area contributed by atoms with Gasteiger partial charge in [0.05, 0.1) is 12.0 Å². The van der Waals surface area contributed by atoms with Gasteiger partial charge in [-0.25, -0.2) is 0 Å². The number of carbonyl (C=O) groups is 1. The Morgan fingerprint density at radius 2 is 2.20 bits per heavy atom. The van der Waals surface area contributed by atoms with Crippen molar-refractivity contribution in [1.29, 1.82) is 0 Å². The van der Waals surface area contributed by atoms with Gasteiger partial charge in [-0.3, -0.25) is 4.79 Å². The summed E-state index contributed by atoms with van der Waals surface area (Å²) in [6, 6.07) is 0. The monoisotopic (exact) mass is 228 g/mol. The van der Waals surface area contributed by atoms with Crippen molar-refractivity contribution in [2.75, 3.05) is 5.75 Å². The first-order chi connectivity index (χ1) is 6.99. The van der Waals surface area contributed by atoms with Crippen LogP contribution >= 0.6 is 11.8 Å². The Hall–Kier alpha value is -0.0200. The summed E-state index contributed by atoms with van der Waals surface area (Å²) in [5, 5.41) is 10.5. The van der Waals surface area contributed by atoms with E-state index in [1.165, 1.54) is 6.42 Å². The highest BCUT2D eigenvalue weighted by atomic mass is 32.2. The van der Waals surface area contributed by atoms with Crippen LogP contribution in [0.5, 0.6) is 0 Å². The van der Waals surface area contributed by atoms with E-state index in [0.29, 0.717) is 11.7 Å².